The first kappa shape index (κ1) is 7.85. The average Bonchev–Trinajstić information content (AvgIpc) is 2.59. The molecule has 0 aliphatic rings. The van der Waals surface area contributed by atoms with Gasteiger partial charge in [0.1, 0.15) is 0 Å². The molecule has 0 saturated heterocycles. The van der Waals surface area contributed by atoms with Crippen LogP contribution in [0.5, 0.6) is 5.88 Å². The zero-order chi connectivity index (χ0) is 9.26. The van der Waals surface area contributed by atoms with Crippen LogP contribution in [0.3, 0.4) is 0 Å². The van der Waals surface area contributed by atoms with Crippen molar-refractivity contribution in [2.24, 2.45) is 0 Å². The minimum atomic E-state index is 0.509. The van der Waals surface area contributed by atoms with E-state index in [2.05, 4.69) is 9.97 Å². The molecule has 2 aromatic heterocycles. The predicted octanol–water partition coefficient (Wildman–Crippen LogP) is 0.302. The Labute approximate surface area is 75.4 Å². The molecule has 0 spiro atoms. The number of aldehydes is 1. The number of carbonyl (C=O) groups is 1. The molecule has 0 aliphatic carbocycles. The third-order valence-electron chi connectivity index (χ3n) is 1.91. The first-order valence-electron chi connectivity index (χ1n) is 3.81. The van der Waals surface area contributed by atoms with Crippen LogP contribution in [0.25, 0.3) is 10.9 Å². The average molecular weight is 174 g/mol. The topological polar surface area (TPSA) is 55.0 Å². The lowest BCUT2D eigenvalue weighted by atomic mass is 10.2. The zero-order valence-corrected chi connectivity index (χ0v) is 7.07. The van der Waals surface area contributed by atoms with Crippen molar-refractivity contribution in [2.75, 3.05) is 0 Å². The van der Waals surface area contributed by atoms with Crippen LogP contribution in [0, 0.1) is 0 Å². The van der Waals surface area contributed by atoms with Gasteiger partial charge in [-0.25, -0.2) is 4.98 Å². The lowest BCUT2D eigenvalue weighted by molar-refractivity contribution is 0.112. The van der Waals surface area contributed by atoms with Gasteiger partial charge in [-0.2, -0.15) is 0 Å². The molecule has 2 rings (SSSR count). The summed E-state index contributed by atoms with van der Waals surface area (Å²) in [5.41, 5.74) is 1.46. The molecule has 0 unspecified atom stereocenters. The summed E-state index contributed by atoms with van der Waals surface area (Å²) in [7, 11) is 1.54. The third kappa shape index (κ3) is 1.18. The lowest BCUT2D eigenvalue weighted by Crippen LogP contribution is -1.88. The number of aromatic amines is 1. The van der Waals surface area contributed by atoms with Gasteiger partial charge in [0.25, 0.3) is 0 Å². The fraction of sp³-hybridized carbons (Fsp3) is 0. The molecule has 64 valence electrons. The van der Waals surface area contributed by atoms with E-state index in [1.165, 1.54) is 0 Å². The van der Waals surface area contributed by atoms with Crippen LogP contribution in [0.4, 0.5) is 0 Å². The van der Waals surface area contributed by atoms with Gasteiger partial charge < -0.3 is 9.64 Å². The van der Waals surface area contributed by atoms with E-state index in [1.54, 1.807) is 26.5 Å². The number of H-pyrrole nitrogens is 1. The van der Waals surface area contributed by atoms with E-state index in [1.807, 2.05) is 0 Å². The highest BCUT2D eigenvalue weighted by molar-refractivity contribution is 6.01. The molecular formula is C8H7BN2O2. The highest BCUT2D eigenvalue weighted by Crippen LogP contribution is 2.19. The van der Waals surface area contributed by atoms with E-state index >= 15 is 0 Å². The Morgan fingerprint density at radius 1 is 1.62 bits per heavy atom. The molecule has 4 nitrogen and oxygen atoms in total. The Kier molecular flexibility index (Phi) is 1.77. The molecule has 0 aromatic carbocycles. The summed E-state index contributed by atoms with van der Waals surface area (Å²) in [5.74, 6) is 0.509. The first-order valence-corrected chi connectivity index (χ1v) is 3.81. The van der Waals surface area contributed by atoms with Crippen molar-refractivity contribution in [1.29, 1.82) is 0 Å². The fourth-order valence-corrected chi connectivity index (χ4v) is 1.23. The van der Waals surface area contributed by atoms with Crippen molar-refractivity contribution in [1.82, 2.24) is 9.97 Å². The van der Waals surface area contributed by atoms with Gasteiger partial charge in [-0.1, -0.05) is 0 Å². The maximum absolute atomic E-state index is 10.6. The molecule has 0 aliphatic heterocycles. The Hall–Kier alpha value is -1.78. The fourth-order valence-electron chi connectivity index (χ4n) is 1.23. The summed E-state index contributed by atoms with van der Waals surface area (Å²) in [6.07, 6.45) is 4.10. The van der Waals surface area contributed by atoms with E-state index in [0.29, 0.717) is 11.4 Å². The summed E-state index contributed by atoms with van der Waals surface area (Å²) in [6.45, 7) is 0. The Morgan fingerprint density at radius 2 is 2.46 bits per heavy atom. The number of carbonyl (C=O) groups excluding carboxylic acids is 1. The third-order valence-corrected chi connectivity index (χ3v) is 1.91. The van der Waals surface area contributed by atoms with Crippen molar-refractivity contribution in [3.8, 4) is 5.88 Å². The number of nitrogens with one attached hydrogen (secondary N) is 1. The molecule has 2 aromatic rings. The quantitative estimate of drug-likeness (QED) is 0.526. The van der Waals surface area contributed by atoms with E-state index in [-0.39, 0.29) is 0 Å². The van der Waals surface area contributed by atoms with Crippen LogP contribution in [0.15, 0.2) is 18.5 Å². The van der Waals surface area contributed by atoms with Gasteiger partial charge in [-0.3, -0.25) is 4.79 Å². The molecule has 0 saturated carbocycles. The van der Waals surface area contributed by atoms with Gasteiger partial charge in [0.05, 0.1) is 11.7 Å². The van der Waals surface area contributed by atoms with Crippen LogP contribution < -0.4 is 4.65 Å². The van der Waals surface area contributed by atoms with Crippen LogP contribution >= 0.6 is 0 Å². The smallest absolute Gasteiger partial charge is 0.324 e. The monoisotopic (exact) mass is 174 g/mol. The minimum absolute atomic E-state index is 0.509. The number of nitrogens with zero attached hydrogens (tertiary/aromatic N) is 1. The van der Waals surface area contributed by atoms with E-state index in [9.17, 15) is 4.79 Å². The maximum atomic E-state index is 10.6. The normalized spacial score (nSPS) is 10.2. The van der Waals surface area contributed by atoms with Gasteiger partial charge in [0.2, 0.25) is 0 Å². The van der Waals surface area contributed by atoms with Crippen molar-refractivity contribution in [3.63, 3.8) is 0 Å². The molecule has 0 bridgehead atoms. The lowest BCUT2D eigenvalue weighted by Gasteiger charge is -1.98. The summed E-state index contributed by atoms with van der Waals surface area (Å²) in [6, 6.07) is 1.73. The van der Waals surface area contributed by atoms with Gasteiger partial charge >= 0.3 is 8.05 Å². The second kappa shape index (κ2) is 2.93. The second-order valence-corrected chi connectivity index (χ2v) is 2.63. The Bertz CT molecular complexity index is 452. The molecule has 13 heavy (non-hydrogen) atoms. The van der Waals surface area contributed by atoms with E-state index in [4.69, 9.17) is 4.65 Å². The summed E-state index contributed by atoms with van der Waals surface area (Å²) < 4.78 is 4.95. The summed E-state index contributed by atoms with van der Waals surface area (Å²) in [5, 5.41) is 0.835. The molecule has 5 heteroatoms. The Morgan fingerprint density at radius 3 is 3.15 bits per heavy atom. The number of hydrogen-bond acceptors (Lipinski definition) is 3. The van der Waals surface area contributed by atoms with Gasteiger partial charge in [-0.05, 0) is 0 Å². The summed E-state index contributed by atoms with van der Waals surface area (Å²) in [4.78, 5) is 17.5. The van der Waals surface area contributed by atoms with Gasteiger partial charge in [0, 0.05) is 23.2 Å². The Balaban J connectivity index is 2.71. The minimum Gasteiger partial charge on any atom is -0.555 e. The number of pyridine rings is 1. The largest absolute Gasteiger partial charge is 0.555 e. The maximum Gasteiger partial charge on any atom is 0.324 e. The highest BCUT2D eigenvalue weighted by atomic mass is 16.4. The number of hydrogen-bond donors (Lipinski definition) is 1. The van der Waals surface area contributed by atoms with Gasteiger partial charge in [0.15, 0.2) is 12.2 Å². The van der Waals surface area contributed by atoms with Crippen LogP contribution in [0.2, 0.25) is 0 Å². The van der Waals surface area contributed by atoms with Gasteiger partial charge in [-0.15, -0.1) is 0 Å². The predicted molar refractivity (Wildman–Crippen MR) is 50.7 cm³/mol. The van der Waals surface area contributed by atoms with Crippen molar-refractivity contribution >= 4 is 25.2 Å². The van der Waals surface area contributed by atoms with Crippen LogP contribution in [-0.4, -0.2) is 24.3 Å². The highest BCUT2D eigenvalue weighted by Gasteiger charge is 2.03. The second-order valence-electron chi connectivity index (χ2n) is 2.63. The SMILES string of the molecule is BOc1cc2c(C=O)c[nH]c2cn1. The van der Waals surface area contributed by atoms with Crippen LogP contribution in [0.1, 0.15) is 10.4 Å². The first-order chi connectivity index (χ1) is 6.35. The molecule has 2 heterocycles. The number of fused-ring (bicyclic) bond motifs is 1. The van der Waals surface area contributed by atoms with Crippen molar-refractivity contribution < 1.29 is 9.45 Å². The standard InChI is InChI=1S/C8H7BN2O2/c9-13-8-1-6-5(4-12)2-10-7(6)3-11-8/h1-4,10H,9H2. The zero-order valence-electron chi connectivity index (χ0n) is 7.07. The van der Waals surface area contributed by atoms with Crippen molar-refractivity contribution in [2.45, 2.75) is 0 Å². The van der Waals surface area contributed by atoms with Crippen LogP contribution in [-0.2, 0) is 0 Å². The van der Waals surface area contributed by atoms with E-state index in [0.717, 1.165) is 17.2 Å². The molecule has 0 fully saturated rings. The molecular weight excluding hydrogens is 167 g/mol. The summed E-state index contributed by atoms with van der Waals surface area (Å²) >= 11 is 0. The molecule has 0 atom stereocenters. The number of rotatable bonds is 2. The molecule has 1 N–H and O–H groups in total. The molecule has 0 radical (unpaired) electrons. The van der Waals surface area contributed by atoms with Crippen molar-refractivity contribution in [3.05, 3.63) is 24.0 Å². The number of aromatic nitrogens is 2. The van der Waals surface area contributed by atoms with E-state index < -0.39 is 0 Å². The molecule has 0 amide bonds.